The minimum absolute atomic E-state index is 0.234. The van der Waals surface area contributed by atoms with Crippen molar-refractivity contribution in [3.05, 3.63) is 54.6 Å². The number of ether oxygens (including phenoxy) is 2. The Morgan fingerprint density at radius 2 is 1.55 bits per heavy atom. The summed E-state index contributed by atoms with van der Waals surface area (Å²) < 4.78 is 10.1. The topological polar surface area (TPSA) is 64.6 Å². The van der Waals surface area contributed by atoms with Crippen molar-refractivity contribution in [1.29, 1.82) is 0 Å². The molecule has 2 aromatic rings. The highest BCUT2D eigenvalue weighted by Gasteiger charge is 2.07. The minimum Gasteiger partial charge on any atom is -0.482 e. The number of nitrogens with one attached hydrogen (secondary N) is 1. The Kier molecular flexibility index (Phi) is 5.54. The third-order valence-electron chi connectivity index (χ3n) is 2.96. The molecule has 0 saturated carbocycles. The van der Waals surface area contributed by atoms with E-state index in [1.807, 2.05) is 42.5 Å². The molecular formula is C17H17NO4. The molecule has 0 atom stereocenters. The third-order valence-corrected chi connectivity index (χ3v) is 2.96. The smallest absolute Gasteiger partial charge is 0.344 e. The van der Waals surface area contributed by atoms with Crippen molar-refractivity contribution in [3.8, 4) is 16.9 Å². The van der Waals surface area contributed by atoms with Crippen molar-refractivity contribution >= 4 is 11.9 Å². The fraction of sp³-hybridized carbons (Fsp3) is 0.176. The summed E-state index contributed by atoms with van der Waals surface area (Å²) in [6.07, 6.45) is 0. The van der Waals surface area contributed by atoms with E-state index in [1.165, 1.54) is 7.05 Å². The fourth-order valence-corrected chi connectivity index (χ4v) is 1.78. The predicted molar refractivity (Wildman–Crippen MR) is 82.4 cm³/mol. The van der Waals surface area contributed by atoms with Crippen LogP contribution in [0.3, 0.4) is 0 Å². The van der Waals surface area contributed by atoms with Crippen LogP contribution in [-0.2, 0) is 14.3 Å². The number of carbonyl (C=O) groups excluding carboxylic acids is 2. The van der Waals surface area contributed by atoms with Crippen LogP contribution in [0.4, 0.5) is 0 Å². The van der Waals surface area contributed by atoms with Crippen LogP contribution < -0.4 is 10.1 Å². The van der Waals surface area contributed by atoms with E-state index in [4.69, 9.17) is 9.47 Å². The first kappa shape index (κ1) is 15.6. The molecule has 0 aliphatic rings. The largest absolute Gasteiger partial charge is 0.482 e. The van der Waals surface area contributed by atoms with Crippen molar-refractivity contribution in [2.75, 3.05) is 20.3 Å². The van der Waals surface area contributed by atoms with Crippen LogP contribution >= 0.6 is 0 Å². The van der Waals surface area contributed by atoms with Crippen molar-refractivity contribution in [2.24, 2.45) is 0 Å². The molecule has 2 rings (SSSR count). The molecular weight excluding hydrogens is 282 g/mol. The number of likely N-dealkylation sites (N-methyl/N-ethyl adjacent to an activating group) is 1. The molecule has 0 aliphatic heterocycles. The van der Waals surface area contributed by atoms with Gasteiger partial charge in [-0.1, -0.05) is 42.5 Å². The number of hydrogen-bond acceptors (Lipinski definition) is 4. The lowest BCUT2D eigenvalue weighted by atomic mass is 10.1. The number of carbonyl (C=O) groups is 2. The summed E-state index contributed by atoms with van der Waals surface area (Å²) in [6, 6.07) is 17.4. The van der Waals surface area contributed by atoms with Crippen molar-refractivity contribution < 1.29 is 19.1 Å². The first-order chi connectivity index (χ1) is 10.7. The lowest BCUT2D eigenvalue weighted by Gasteiger charge is -2.07. The fourth-order valence-electron chi connectivity index (χ4n) is 1.78. The van der Waals surface area contributed by atoms with Crippen molar-refractivity contribution in [1.82, 2.24) is 5.32 Å². The molecule has 0 radical (unpaired) electrons. The Hall–Kier alpha value is -2.82. The molecule has 5 heteroatoms. The molecule has 0 unspecified atom stereocenters. The van der Waals surface area contributed by atoms with E-state index in [-0.39, 0.29) is 19.1 Å². The zero-order chi connectivity index (χ0) is 15.8. The minimum atomic E-state index is -0.587. The van der Waals surface area contributed by atoms with Gasteiger partial charge in [-0.05, 0) is 23.3 Å². The summed E-state index contributed by atoms with van der Waals surface area (Å²) in [6.45, 7) is -0.534. The molecule has 0 aromatic heterocycles. The van der Waals surface area contributed by atoms with E-state index >= 15 is 0 Å². The molecule has 1 amide bonds. The van der Waals surface area contributed by atoms with Gasteiger partial charge < -0.3 is 14.8 Å². The van der Waals surface area contributed by atoms with Crippen LogP contribution in [0.25, 0.3) is 11.1 Å². The normalized spacial score (nSPS) is 9.86. The van der Waals surface area contributed by atoms with Crippen LogP contribution in [0.1, 0.15) is 0 Å². The van der Waals surface area contributed by atoms with E-state index in [0.29, 0.717) is 5.75 Å². The maximum atomic E-state index is 11.4. The lowest BCUT2D eigenvalue weighted by molar-refractivity contribution is -0.150. The molecule has 22 heavy (non-hydrogen) atoms. The molecule has 0 fully saturated rings. The van der Waals surface area contributed by atoms with Crippen molar-refractivity contribution in [3.63, 3.8) is 0 Å². The summed E-state index contributed by atoms with van der Waals surface area (Å²) in [5, 5.41) is 2.36. The van der Waals surface area contributed by atoms with Gasteiger partial charge >= 0.3 is 5.97 Å². The first-order valence-corrected chi connectivity index (χ1v) is 6.83. The second kappa shape index (κ2) is 7.83. The van der Waals surface area contributed by atoms with Gasteiger partial charge in [-0.2, -0.15) is 0 Å². The SMILES string of the molecule is CNC(=O)COC(=O)COc1ccc(-c2ccccc2)cc1. The van der Waals surface area contributed by atoms with Gasteiger partial charge in [0.15, 0.2) is 13.2 Å². The number of esters is 1. The Balaban J connectivity index is 1.84. The summed E-state index contributed by atoms with van der Waals surface area (Å²) in [5.74, 6) is -0.382. The molecule has 5 nitrogen and oxygen atoms in total. The van der Waals surface area contributed by atoms with E-state index in [0.717, 1.165) is 11.1 Å². The van der Waals surface area contributed by atoms with Crippen LogP contribution in [0.15, 0.2) is 54.6 Å². The molecule has 2 aromatic carbocycles. The van der Waals surface area contributed by atoms with E-state index in [1.54, 1.807) is 12.1 Å². The highest BCUT2D eigenvalue weighted by Crippen LogP contribution is 2.21. The Morgan fingerprint density at radius 3 is 2.18 bits per heavy atom. The van der Waals surface area contributed by atoms with E-state index in [2.05, 4.69) is 5.32 Å². The molecule has 0 heterocycles. The number of benzene rings is 2. The highest BCUT2D eigenvalue weighted by atomic mass is 16.6. The van der Waals surface area contributed by atoms with Gasteiger partial charge in [-0.15, -0.1) is 0 Å². The van der Waals surface area contributed by atoms with Crippen LogP contribution in [-0.4, -0.2) is 32.1 Å². The number of amides is 1. The Bertz CT molecular complexity index is 623. The standard InChI is InChI=1S/C17H17NO4/c1-18-16(19)11-22-17(20)12-21-15-9-7-14(8-10-15)13-5-3-2-4-6-13/h2-10H,11-12H2,1H3,(H,18,19). The van der Waals surface area contributed by atoms with Crippen LogP contribution in [0, 0.1) is 0 Å². The number of hydrogen-bond donors (Lipinski definition) is 1. The zero-order valence-electron chi connectivity index (χ0n) is 12.2. The number of rotatable bonds is 6. The molecule has 0 bridgehead atoms. The van der Waals surface area contributed by atoms with Gasteiger partial charge in [0.05, 0.1) is 0 Å². The molecule has 0 spiro atoms. The summed E-state index contributed by atoms with van der Waals surface area (Å²) in [7, 11) is 1.47. The predicted octanol–water partition coefficient (Wildman–Crippen LogP) is 2.02. The maximum Gasteiger partial charge on any atom is 0.344 e. The second-order valence-corrected chi connectivity index (χ2v) is 4.51. The van der Waals surface area contributed by atoms with Gasteiger partial charge in [0.2, 0.25) is 0 Å². The van der Waals surface area contributed by atoms with Gasteiger partial charge in [-0.3, -0.25) is 4.79 Å². The average molecular weight is 299 g/mol. The summed E-state index contributed by atoms with van der Waals surface area (Å²) >= 11 is 0. The quantitative estimate of drug-likeness (QED) is 0.829. The van der Waals surface area contributed by atoms with Crippen LogP contribution in [0.2, 0.25) is 0 Å². The molecule has 114 valence electrons. The first-order valence-electron chi connectivity index (χ1n) is 6.83. The van der Waals surface area contributed by atoms with Gasteiger partial charge in [-0.25, -0.2) is 4.79 Å². The maximum absolute atomic E-state index is 11.4. The van der Waals surface area contributed by atoms with Gasteiger partial charge in [0.1, 0.15) is 5.75 Å². The molecule has 0 saturated heterocycles. The average Bonchev–Trinajstić information content (AvgIpc) is 2.59. The molecule has 0 aliphatic carbocycles. The second-order valence-electron chi connectivity index (χ2n) is 4.51. The van der Waals surface area contributed by atoms with Crippen molar-refractivity contribution in [2.45, 2.75) is 0 Å². The lowest BCUT2D eigenvalue weighted by Crippen LogP contribution is -2.26. The highest BCUT2D eigenvalue weighted by molar-refractivity contribution is 5.80. The Morgan fingerprint density at radius 1 is 0.909 bits per heavy atom. The summed E-state index contributed by atoms with van der Waals surface area (Å²) in [5.41, 5.74) is 2.18. The van der Waals surface area contributed by atoms with Gasteiger partial charge in [0, 0.05) is 7.05 Å². The zero-order valence-corrected chi connectivity index (χ0v) is 12.2. The van der Waals surface area contributed by atoms with Gasteiger partial charge in [0.25, 0.3) is 5.91 Å². The Labute approximate surface area is 128 Å². The van der Waals surface area contributed by atoms with E-state index < -0.39 is 5.97 Å². The third kappa shape index (κ3) is 4.63. The van der Waals surface area contributed by atoms with Crippen LogP contribution in [0.5, 0.6) is 5.75 Å². The molecule has 1 N–H and O–H groups in total. The summed E-state index contributed by atoms with van der Waals surface area (Å²) in [4.78, 5) is 22.3. The monoisotopic (exact) mass is 299 g/mol. The van der Waals surface area contributed by atoms with E-state index in [9.17, 15) is 9.59 Å².